The monoisotopic (exact) mass is 295 g/mol. The third kappa shape index (κ3) is 4.19. The second-order valence-electron chi connectivity index (χ2n) is 7.91. The Bertz CT molecular complexity index is 333. The molecule has 1 saturated heterocycles. The molecule has 0 spiro atoms. The average Bonchev–Trinajstić information content (AvgIpc) is 3.33. The lowest BCUT2D eigenvalue weighted by atomic mass is 9.92. The lowest BCUT2D eigenvalue weighted by molar-refractivity contribution is 0.0544. The SMILES string of the molecule is CC(C)NC(CO)(CN1CCN(CC2CC2)CC1)C1CC1. The Morgan fingerprint density at radius 3 is 2.14 bits per heavy atom. The minimum atomic E-state index is -0.0627. The van der Waals surface area contributed by atoms with Gasteiger partial charge in [-0.05, 0) is 37.5 Å². The number of aliphatic hydroxyl groups excluding tert-OH is 1. The maximum absolute atomic E-state index is 10.0. The van der Waals surface area contributed by atoms with Gasteiger partial charge in [-0.2, -0.15) is 0 Å². The zero-order valence-electron chi connectivity index (χ0n) is 13.9. The molecule has 0 aromatic rings. The van der Waals surface area contributed by atoms with E-state index in [-0.39, 0.29) is 12.1 Å². The van der Waals surface area contributed by atoms with Gasteiger partial charge in [0.05, 0.1) is 12.1 Å². The van der Waals surface area contributed by atoms with Gasteiger partial charge in [-0.15, -0.1) is 0 Å². The molecule has 3 aliphatic rings. The maximum atomic E-state index is 10.0. The highest BCUT2D eigenvalue weighted by molar-refractivity contribution is 5.04. The topological polar surface area (TPSA) is 38.7 Å². The zero-order valence-corrected chi connectivity index (χ0v) is 13.9. The predicted molar refractivity (Wildman–Crippen MR) is 86.4 cm³/mol. The van der Waals surface area contributed by atoms with Crippen LogP contribution in [0.3, 0.4) is 0 Å². The summed E-state index contributed by atoms with van der Waals surface area (Å²) in [5, 5.41) is 13.7. The summed E-state index contributed by atoms with van der Waals surface area (Å²) in [5.74, 6) is 1.68. The first-order chi connectivity index (χ1) is 10.1. The molecular formula is C17H33N3O. The summed E-state index contributed by atoms with van der Waals surface area (Å²) in [6.07, 6.45) is 5.46. The highest BCUT2D eigenvalue weighted by atomic mass is 16.3. The Labute approximate surface area is 129 Å². The third-order valence-electron chi connectivity index (χ3n) is 5.40. The van der Waals surface area contributed by atoms with E-state index in [1.807, 2.05) is 0 Å². The molecule has 1 heterocycles. The first-order valence-electron chi connectivity index (χ1n) is 8.94. The van der Waals surface area contributed by atoms with E-state index in [4.69, 9.17) is 0 Å². The molecule has 4 nitrogen and oxygen atoms in total. The van der Waals surface area contributed by atoms with Crippen molar-refractivity contribution in [1.82, 2.24) is 15.1 Å². The van der Waals surface area contributed by atoms with E-state index >= 15 is 0 Å². The Morgan fingerprint density at radius 1 is 1.05 bits per heavy atom. The number of rotatable bonds is 8. The van der Waals surface area contributed by atoms with E-state index < -0.39 is 0 Å². The van der Waals surface area contributed by atoms with Gasteiger partial charge in [0.2, 0.25) is 0 Å². The van der Waals surface area contributed by atoms with Gasteiger partial charge in [0, 0.05) is 45.3 Å². The highest BCUT2D eigenvalue weighted by Gasteiger charge is 2.46. The summed E-state index contributed by atoms with van der Waals surface area (Å²) in [7, 11) is 0. The maximum Gasteiger partial charge on any atom is 0.0628 e. The van der Waals surface area contributed by atoms with Gasteiger partial charge in [0.25, 0.3) is 0 Å². The minimum Gasteiger partial charge on any atom is -0.394 e. The normalized spacial score (nSPS) is 28.0. The van der Waals surface area contributed by atoms with Crippen molar-refractivity contribution in [2.45, 2.75) is 51.1 Å². The average molecular weight is 295 g/mol. The first kappa shape index (κ1) is 15.7. The number of nitrogens with zero attached hydrogens (tertiary/aromatic N) is 2. The number of aliphatic hydroxyl groups is 1. The van der Waals surface area contributed by atoms with Crippen LogP contribution in [-0.2, 0) is 0 Å². The molecule has 3 rings (SSSR count). The van der Waals surface area contributed by atoms with Gasteiger partial charge in [0.1, 0.15) is 0 Å². The van der Waals surface area contributed by atoms with E-state index in [0.717, 1.165) is 12.5 Å². The second kappa shape index (κ2) is 6.53. The standard InChI is InChI=1S/C17H33N3O/c1-14(2)18-17(13-21,16-5-6-16)12-20-9-7-19(8-10-20)11-15-3-4-15/h14-16,18,21H,3-13H2,1-2H3. The number of hydrogen-bond donors (Lipinski definition) is 2. The molecule has 2 aliphatic carbocycles. The van der Waals surface area contributed by atoms with Gasteiger partial charge < -0.3 is 15.3 Å². The van der Waals surface area contributed by atoms with Gasteiger partial charge >= 0.3 is 0 Å². The molecule has 0 aromatic heterocycles. The molecule has 0 radical (unpaired) electrons. The van der Waals surface area contributed by atoms with Crippen LogP contribution in [0.2, 0.25) is 0 Å². The van der Waals surface area contributed by atoms with Gasteiger partial charge in [-0.25, -0.2) is 0 Å². The van der Waals surface area contributed by atoms with E-state index in [1.165, 1.54) is 58.4 Å². The summed E-state index contributed by atoms with van der Waals surface area (Å²) in [5.41, 5.74) is -0.0627. The molecule has 0 amide bonds. The first-order valence-corrected chi connectivity index (χ1v) is 8.94. The highest BCUT2D eigenvalue weighted by Crippen LogP contribution is 2.40. The van der Waals surface area contributed by atoms with Crippen molar-refractivity contribution in [3.05, 3.63) is 0 Å². The Morgan fingerprint density at radius 2 is 1.67 bits per heavy atom. The smallest absolute Gasteiger partial charge is 0.0628 e. The fourth-order valence-electron chi connectivity index (χ4n) is 3.92. The van der Waals surface area contributed by atoms with Crippen molar-refractivity contribution in [3.8, 4) is 0 Å². The fraction of sp³-hybridized carbons (Fsp3) is 1.00. The van der Waals surface area contributed by atoms with Crippen LogP contribution in [0.5, 0.6) is 0 Å². The predicted octanol–water partition coefficient (Wildman–Crippen LogP) is 1.15. The van der Waals surface area contributed by atoms with Crippen LogP contribution in [0.1, 0.15) is 39.5 Å². The summed E-state index contributed by atoms with van der Waals surface area (Å²) in [4.78, 5) is 5.22. The number of hydrogen-bond acceptors (Lipinski definition) is 4. The third-order valence-corrected chi connectivity index (χ3v) is 5.40. The molecule has 1 aliphatic heterocycles. The van der Waals surface area contributed by atoms with Gasteiger partial charge in [-0.1, -0.05) is 13.8 Å². The van der Waals surface area contributed by atoms with E-state index in [1.54, 1.807) is 0 Å². The molecule has 1 unspecified atom stereocenters. The van der Waals surface area contributed by atoms with Crippen LogP contribution in [0, 0.1) is 11.8 Å². The molecular weight excluding hydrogens is 262 g/mol. The summed E-state index contributed by atoms with van der Waals surface area (Å²) >= 11 is 0. The van der Waals surface area contributed by atoms with Crippen LogP contribution >= 0.6 is 0 Å². The van der Waals surface area contributed by atoms with Gasteiger partial charge in [-0.3, -0.25) is 4.90 Å². The molecule has 1 atom stereocenters. The molecule has 122 valence electrons. The summed E-state index contributed by atoms with van der Waals surface area (Å²) < 4.78 is 0. The van der Waals surface area contributed by atoms with E-state index in [2.05, 4.69) is 29.0 Å². The van der Waals surface area contributed by atoms with Crippen LogP contribution in [-0.4, -0.2) is 72.4 Å². The zero-order chi connectivity index (χ0) is 14.9. The minimum absolute atomic E-state index is 0.0627. The summed E-state index contributed by atoms with van der Waals surface area (Å²) in [6.45, 7) is 11.8. The van der Waals surface area contributed by atoms with E-state index in [9.17, 15) is 5.11 Å². The Balaban J connectivity index is 1.51. The molecule has 0 bridgehead atoms. The largest absolute Gasteiger partial charge is 0.394 e. The van der Waals surface area contributed by atoms with Crippen molar-refractivity contribution >= 4 is 0 Å². The number of nitrogens with one attached hydrogen (secondary N) is 1. The van der Waals surface area contributed by atoms with Crippen LogP contribution in [0.25, 0.3) is 0 Å². The van der Waals surface area contributed by atoms with Crippen LogP contribution < -0.4 is 5.32 Å². The van der Waals surface area contributed by atoms with Crippen molar-refractivity contribution in [1.29, 1.82) is 0 Å². The van der Waals surface area contributed by atoms with Crippen molar-refractivity contribution in [3.63, 3.8) is 0 Å². The quantitative estimate of drug-likeness (QED) is 0.705. The van der Waals surface area contributed by atoms with Crippen molar-refractivity contribution in [2.75, 3.05) is 45.9 Å². The molecule has 2 N–H and O–H groups in total. The molecule has 2 saturated carbocycles. The van der Waals surface area contributed by atoms with Crippen molar-refractivity contribution in [2.24, 2.45) is 11.8 Å². The van der Waals surface area contributed by atoms with Gasteiger partial charge in [0.15, 0.2) is 0 Å². The fourth-order valence-corrected chi connectivity index (χ4v) is 3.92. The summed E-state index contributed by atoms with van der Waals surface area (Å²) in [6, 6.07) is 0.439. The van der Waals surface area contributed by atoms with Crippen LogP contribution in [0.4, 0.5) is 0 Å². The Hall–Kier alpha value is -0.160. The molecule has 0 aromatic carbocycles. The van der Waals surface area contributed by atoms with Crippen LogP contribution in [0.15, 0.2) is 0 Å². The number of piperazine rings is 1. The van der Waals surface area contributed by atoms with E-state index in [0.29, 0.717) is 12.0 Å². The molecule has 21 heavy (non-hydrogen) atoms. The molecule has 3 fully saturated rings. The Kier molecular flexibility index (Phi) is 4.89. The second-order valence-corrected chi connectivity index (χ2v) is 7.91. The lowest BCUT2D eigenvalue weighted by Crippen LogP contribution is -2.62. The lowest BCUT2D eigenvalue weighted by Gasteiger charge is -2.43. The molecule has 4 heteroatoms. The van der Waals surface area contributed by atoms with Crippen molar-refractivity contribution < 1.29 is 5.11 Å².